The number of carbonyl (C=O) groups is 1. The molecule has 3 rings (SSSR count). The van der Waals surface area contributed by atoms with Crippen molar-refractivity contribution in [2.24, 2.45) is 7.05 Å². The van der Waals surface area contributed by atoms with Crippen molar-refractivity contribution in [1.82, 2.24) is 9.78 Å². The number of carbonyl (C=O) groups excluding carboxylic acids is 1. The summed E-state index contributed by atoms with van der Waals surface area (Å²) < 4.78 is 7.49. The first kappa shape index (κ1) is 19.4. The Morgan fingerprint density at radius 1 is 1.30 bits per heavy atom. The molecule has 1 amide bonds. The first-order valence-corrected chi connectivity index (χ1v) is 9.44. The van der Waals surface area contributed by atoms with Crippen molar-refractivity contribution < 1.29 is 9.53 Å². The van der Waals surface area contributed by atoms with Gasteiger partial charge in [0, 0.05) is 17.5 Å². The van der Waals surface area contributed by atoms with Crippen LogP contribution in [0.3, 0.4) is 0 Å². The lowest BCUT2D eigenvalue weighted by Gasteiger charge is -2.14. The quantitative estimate of drug-likeness (QED) is 0.639. The smallest absolute Gasteiger partial charge is 0.274 e. The van der Waals surface area contributed by atoms with Crippen molar-refractivity contribution in [3.05, 3.63) is 61.9 Å². The van der Waals surface area contributed by atoms with E-state index >= 15 is 0 Å². The molecular weight excluding hydrogens is 434 g/mol. The van der Waals surface area contributed by atoms with Crippen molar-refractivity contribution in [3.63, 3.8) is 0 Å². The van der Waals surface area contributed by atoms with E-state index in [9.17, 15) is 9.59 Å². The van der Waals surface area contributed by atoms with Crippen LogP contribution in [-0.4, -0.2) is 22.3 Å². The molecule has 27 heavy (non-hydrogen) atoms. The number of anilines is 1. The number of benzene rings is 2. The van der Waals surface area contributed by atoms with Crippen LogP contribution >= 0.6 is 27.5 Å². The third kappa shape index (κ3) is 4.14. The van der Waals surface area contributed by atoms with Gasteiger partial charge in [0.2, 0.25) is 5.91 Å². The number of hydrogen-bond donors (Lipinski definition) is 1. The second-order valence-electron chi connectivity index (χ2n) is 5.84. The number of nitrogens with zero attached hydrogens (tertiary/aromatic N) is 2. The summed E-state index contributed by atoms with van der Waals surface area (Å²) in [7, 11) is 1.57. The summed E-state index contributed by atoms with van der Waals surface area (Å²) in [6, 6.07) is 10.4. The third-order valence-electron chi connectivity index (χ3n) is 3.93. The minimum atomic E-state index is -0.290. The Morgan fingerprint density at radius 3 is 2.70 bits per heavy atom. The summed E-state index contributed by atoms with van der Waals surface area (Å²) in [5.41, 5.74) is 0.784. The zero-order valence-electron chi connectivity index (χ0n) is 14.8. The molecule has 6 nitrogen and oxygen atoms in total. The van der Waals surface area contributed by atoms with Crippen LogP contribution in [0.2, 0.25) is 5.02 Å². The van der Waals surface area contributed by atoms with Gasteiger partial charge in [-0.25, -0.2) is 4.68 Å². The maximum atomic E-state index is 12.6. The fourth-order valence-electron chi connectivity index (χ4n) is 2.80. The van der Waals surface area contributed by atoms with Crippen LogP contribution in [-0.2, 0) is 18.3 Å². The lowest BCUT2D eigenvalue weighted by molar-refractivity contribution is -0.115. The zero-order valence-corrected chi connectivity index (χ0v) is 17.1. The van der Waals surface area contributed by atoms with E-state index < -0.39 is 0 Å². The largest absolute Gasteiger partial charge is 0.491 e. The Hall–Kier alpha value is -2.38. The number of halogens is 2. The number of nitrogens with one attached hydrogen (secondary N) is 1. The number of rotatable bonds is 5. The second-order valence-corrected chi connectivity index (χ2v) is 7.13. The van der Waals surface area contributed by atoms with Gasteiger partial charge in [-0.1, -0.05) is 29.8 Å². The topological polar surface area (TPSA) is 73.2 Å². The van der Waals surface area contributed by atoms with Gasteiger partial charge in [0.1, 0.15) is 0 Å². The summed E-state index contributed by atoms with van der Waals surface area (Å²) in [6.07, 6.45) is 0.00430. The van der Waals surface area contributed by atoms with Gasteiger partial charge in [-0.3, -0.25) is 9.59 Å². The van der Waals surface area contributed by atoms with Crippen molar-refractivity contribution in [2.75, 3.05) is 11.9 Å². The van der Waals surface area contributed by atoms with E-state index in [4.69, 9.17) is 16.3 Å². The van der Waals surface area contributed by atoms with Gasteiger partial charge >= 0.3 is 0 Å². The van der Waals surface area contributed by atoms with Gasteiger partial charge in [-0.2, -0.15) is 5.10 Å². The Bertz CT molecular complexity index is 1080. The van der Waals surface area contributed by atoms with Crippen molar-refractivity contribution >= 4 is 49.9 Å². The molecule has 8 heteroatoms. The van der Waals surface area contributed by atoms with E-state index in [1.165, 1.54) is 4.68 Å². The van der Waals surface area contributed by atoms with Crippen LogP contribution in [0.1, 0.15) is 12.6 Å². The molecule has 1 N–H and O–H groups in total. The molecular formula is C19H17BrClN3O3. The first-order chi connectivity index (χ1) is 12.9. The van der Waals surface area contributed by atoms with Gasteiger partial charge < -0.3 is 10.1 Å². The minimum absolute atomic E-state index is 0.00430. The molecule has 0 radical (unpaired) electrons. The number of aryl methyl sites for hydroxylation is 1. The van der Waals surface area contributed by atoms with Gasteiger partial charge in [-0.05, 0) is 41.1 Å². The van der Waals surface area contributed by atoms with Gasteiger partial charge in [0.15, 0.2) is 5.75 Å². The molecule has 0 aliphatic heterocycles. The van der Waals surface area contributed by atoms with E-state index in [1.807, 2.05) is 13.0 Å². The lowest BCUT2D eigenvalue weighted by atomic mass is 10.1. The van der Waals surface area contributed by atoms with Crippen LogP contribution < -0.4 is 15.6 Å². The molecule has 0 bridgehead atoms. The molecule has 140 valence electrons. The second kappa shape index (κ2) is 8.10. The third-order valence-corrected chi connectivity index (χ3v) is 4.74. The van der Waals surface area contributed by atoms with Gasteiger partial charge in [0.05, 0.1) is 34.3 Å². The fraction of sp³-hybridized carbons (Fsp3) is 0.211. The summed E-state index contributed by atoms with van der Waals surface area (Å²) in [4.78, 5) is 24.9. The monoisotopic (exact) mass is 449 g/mol. The first-order valence-electron chi connectivity index (χ1n) is 8.27. The summed E-state index contributed by atoms with van der Waals surface area (Å²) in [5.74, 6) is 0.218. The summed E-state index contributed by atoms with van der Waals surface area (Å²) in [6.45, 7) is 2.29. The molecule has 0 saturated heterocycles. The van der Waals surface area contributed by atoms with Crippen LogP contribution in [0.25, 0.3) is 10.8 Å². The van der Waals surface area contributed by atoms with Crippen molar-refractivity contribution in [2.45, 2.75) is 13.3 Å². The van der Waals surface area contributed by atoms with Crippen LogP contribution in [0.5, 0.6) is 5.75 Å². The minimum Gasteiger partial charge on any atom is -0.491 e. The summed E-state index contributed by atoms with van der Waals surface area (Å²) >= 11 is 9.49. The molecule has 0 aliphatic rings. The highest BCUT2D eigenvalue weighted by atomic mass is 79.9. The van der Waals surface area contributed by atoms with Crippen LogP contribution in [0.15, 0.2) is 45.7 Å². The number of aromatic nitrogens is 2. The van der Waals surface area contributed by atoms with E-state index in [1.54, 1.807) is 37.4 Å². The average molecular weight is 451 g/mol. The maximum Gasteiger partial charge on any atom is 0.274 e. The van der Waals surface area contributed by atoms with Crippen LogP contribution in [0.4, 0.5) is 5.69 Å². The summed E-state index contributed by atoms with van der Waals surface area (Å²) in [5, 5.41) is 8.72. The molecule has 0 unspecified atom stereocenters. The molecule has 0 saturated carbocycles. The predicted molar refractivity (Wildman–Crippen MR) is 110 cm³/mol. The molecule has 0 spiro atoms. The van der Waals surface area contributed by atoms with E-state index in [-0.39, 0.29) is 17.9 Å². The molecule has 1 aromatic heterocycles. The highest BCUT2D eigenvalue weighted by Crippen LogP contribution is 2.36. The predicted octanol–water partition coefficient (Wildman–Crippen LogP) is 3.93. The average Bonchev–Trinajstić information content (AvgIpc) is 2.62. The van der Waals surface area contributed by atoms with Gasteiger partial charge in [-0.15, -0.1) is 0 Å². The standard InChI is InChI=1S/C19H17BrClN3O3/c1-3-27-18-14(20)8-11(21)9-16(18)22-17(25)10-15-12-6-4-5-7-13(12)19(26)24(2)23-15/h4-9H,3,10H2,1-2H3,(H,22,25). The van der Waals surface area contributed by atoms with Crippen molar-refractivity contribution in [1.29, 1.82) is 0 Å². The fourth-order valence-corrected chi connectivity index (χ4v) is 3.72. The van der Waals surface area contributed by atoms with E-state index in [0.29, 0.717) is 44.0 Å². The number of ether oxygens (including phenoxy) is 1. The normalized spacial score (nSPS) is 10.8. The Morgan fingerprint density at radius 2 is 2.00 bits per heavy atom. The highest BCUT2D eigenvalue weighted by molar-refractivity contribution is 9.10. The number of amides is 1. The lowest BCUT2D eigenvalue weighted by Crippen LogP contribution is -2.24. The van der Waals surface area contributed by atoms with Gasteiger partial charge in [0.25, 0.3) is 5.56 Å². The SMILES string of the molecule is CCOc1c(Br)cc(Cl)cc1NC(=O)Cc1nn(C)c(=O)c2ccccc12. The molecule has 3 aromatic rings. The number of fused-ring (bicyclic) bond motifs is 1. The number of hydrogen-bond acceptors (Lipinski definition) is 4. The van der Waals surface area contributed by atoms with E-state index in [0.717, 1.165) is 0 Å². The Balaban J connectivity index is 1.93. The molecule has 0 aliphatic carbocycles. The molecule has 0 fully saturated rings. The molecule has 1 heterocycles. The molecule has 0 atom stereocenters. The van der Waals surface area contributed by atoms with E-state index in [2.05, 4.69) is 26.3 Å². The van der Waals surface area contributed by atoms with Crippen molar-refractivity contribution in [3.8, 4) is 5.75 Å². The maximum absolute atomic E-state index is 12.6. The molecule has 2 aromatic carbocycles. The zero-order chi connectivity index (χ0) is 19.6. The Labute approximate surface area is 169 Å². The highest BCUT2D eigenvalue weighted by Gasteiger charge is 2.16. The Kier molecular flexibility index (Phi) is 5.82. The van der Waals surface area contributed by atoms with Crippen LogP contribution in [0, 0.1) is 0 Å².